The number of rotatable bonds is 3. The highest BCUT2D eigenvalue weighted by Gasteiger charge is 2.21. The summed E-state index contributed by atoms with van der Waals surface area (Å²) in [6.07, 6.45) is 0. The van der Waals surface area contributed by atoms with Crippen molar-refractivity contribution in [3.8, 4) is 0 Å². The minimum absolute atomic E-state index is 0.182. The van der Waals surface area contributed by atoms with Crippen LogP contribution in [0.1, 0.15) is 18.4 Å². The first-order valence-electron chi connectivity index (χ1n) is 6.00. The standard InChI is InChI=1S/C13H18N2O2/c1-11(12-5-3-2-4-6-12)13(16)17-15-9-7-14-8-10-15/h2-6,11,14H,7-10H2,1H3. The first-order valence-corrected chi connectivity index (χ1v) is 6.00. The van der Waals surface area contributed by atoms with Gasteiger partial charge in [-0.25, -0.2) is 4.79 Å². The molecule has 1 aliphatic rings. The number of hydrogen-bond donors (Lipinski definition) is 1. The molecule has 4 nitrogen and oxygen atoms in total. The Labute approximate surface area is 102 Å². The molecular weight excluding hydrogens is 216 g/mol. The van der Waals surface area contributed by atoms with E-state index in [-0.39, 0.29) is 11.9 Å². The average molecular weight is 234 g/mol. The first-order chi connectivity index (χ1) is 8.27. The van der Waals surface area contributed by atoms with E-state index in [0.29, 0.717) is 0 Å². The third-order valence-corrected chi connectivity index (χ3v) is 2.95. The molecule has 2 rings (SSSR count). The molecule has 92 valence electrons. The maximum absolute atomic E-state index is 11.9. The van der Waals surface area contributed by atoms with Crippen LogP contribution in [-0.4, -0.2) is 37.2 Å². The summed E-state index contributed by atoms with van der Waals surface area (Å²) < 4.78 is 0. The average Bonchev–Trinajstić information content (AvgIpc) is 2.40. The Kier molecular flexibility index (Phi) is 4.12. The van der Waals surface area contributed by atoms with E-state index in [1.165, 1.54) is 0 Å². The van der Waals surface area contributed by atoms with Gasteiger partial charge in [0.1, 0.15) is 0 Å². The molecule has 1 atom stereocenters. The van der Waals surface area contributed by atoms with Gasteiger partial charge in [0, 0.05) is 26.2 Å². The number of hydroxylamine groups is 2. The van der Waals surface area contributed by atoms with E-state index in [1.54, 1.807) is 5.06 Å². The summed E-state index contributed by atoms with van der Waals surface area (Å²) in [6, 6.07) is 9.71. The predicted molar refractivity (Wildman–Crippen MR) is 65.4 cm³/mol. The zero-order valence-corrected chi connectivity index (χ0v) is 10.1. The van der Waals surface area contributed by atoms with Gasteiger partial charge in [-0.15, -0.1) is 5.06 Å². The maximum Gasteiger partial charge on any atom is 0.332 e. The van der Waals surface area contributed by atoms with Crippen LogP contribution in [0.5, 0.6) is 0 Å². The van der Waals surface area contributed by atoms with Crippen molar-refractivity contribution in [1.82, 2.24) is 10.4 Å². The number of benzene rings is 1. The fourth-order valence-electron chi connectivity index (χ4n) is 1.82. The third kappa shape index (κ3) is 3.28. The zero-order valence-electron chi connectivity index (χ0n) is 10.1. The molecule has 0 amide bonds. The number of piperazine rings is 1. The van der Waals surface area contributed by atoms with Crippen LogP contribution < -0.4 is 5.32 Å². The van der Waals surface area contributed by atoms with Crippen LogP contribution in [0.2, 0.25) is 0 Å². The van der Waals surface area contributed by atoms with Crippen LogP contribution in [0.25, 0.3) is 0 Å². The lowest BCUT2D eigenvalue weighted by atomic mass is 10.0. The smallest absolute Gasteiger partial charge is 0.332 e. The second-order valence-electron chi connectivity index (χ2n) is 4.22. The van der Waals surface area contributed by atoms with Gasteiger partial charge in [-0.1, -0.05) is 30.3 Å². The quantitative estimate of drug-likeness (QED) is 0.852. The molecule has 4 heteroatoms. The monoisotopic (exact) mass is 234 g/mol. The molecule has 0 radical (unpaired) electrons. The molecule has 1 aromatic carbocycles. The minimum Gasteiger partial charge on any atom is -0.367 e. The lowest BCUT2D eigenvalue weighted by Gasteiger charge is -2.26. The molecule has 1 unspecified atom stereocenters. The highest BCUT2D eigenvalue weighted by atomic mass is 16.7. The van der Waals surface area contributed by atoms with Gasteiger partial charge in [0.05, 0.1) is 5.92 Å². The van der Waals surface area contributed by atoms with Crippen LogP contribution in [-0.2, 0) is 9.63 Å². The summed E-state index contributed by atoms with van der Waals surface area (Å²) in [7, 11) is 0. The molecule has 1 saturated heterocycles. The predicted octanol–water partition coefficient (Wildman–Crippen LogP) is 1.15. The van der Waals surface area contributed by atoms with Crippen molar-refractivity contribution in [2.75, 3.05) is 26.2 Å². The third-order valence-electron chi connectivity index (χ3n) is 2.95. The Bertz CT molecular complexity index is 361. The van der Waals surface area contributed by atoms with E-state index < -0.39 is 0 Å². The Morgan fingerprint density at radius 1 is 1.29 bits per heavy atom. The van der Waals surface area contributed by atoms with Crippen molar-refractivity contribution in [2.24, 2.45) is 0 Å². The fraction of sp³-hybridized carbons (Fsp3) is 0.462. The van der Waals surface area contributed by atoms with Gasteiger partial charge in [-0.05, 0) is 12.5 Å². The molecule has 1 aromatic rings. The summed E-state index contributed by atoms with van der Waals surface area (Å²) in [5.74, 6) is -0.399. The van der Waals surface area contributed by atoms with Crippen molar-refractivity contribution in [3.05, 3.63) is 35.9 Å². The Balaban J connectivity index is 1.91. The molecule has 1 heterocycles. The molecule has 0 aromatic heterocycles. The molecule has 0 bridgehead atoms. The molecule has 0 saturated carbocycles. The maximum atomic E-state index is 11.9. The first kappa shape index (κ1) is 12.1. The van der Waals surface area contributed by atoms with E-state index in [1.807, 2.05) is 37.3 Å². The number of nitrogens with one attached hydrogen (secondary N) is 1. The van der Waals surface area contributed by atoms with Gasteiger partial charge in [0.2, 0.25) is 0 Å². The Morgan fingerprint density at radius 2 is 1.94 bits per heavy atom. The molecule has 1 N–H and O–H groups in total. The van der Waals surface area contributed by atoms with E-state index in [4.69, 9.17) is 4.84 Å². The second-order valence-corrected chi connectivity index (χ2v) is 4.22. The van der Waals surface area contributed by atoms with Crippen LogP contribution in [0.15, 0.2) is 30.3 Å². The SMILES string of the molecule is CC(C(=O)ON1CCNCC1)c1ccccc1. The summed E-state index contributed by atoms with van der Waals surface area (Å²) in [5.41, 5.74) is 0.993. The zero-order chi connectivity index (χ0) is 12.1. The molecule has 0 spiro atoms. The van der Waals surface area contributed by atoms with Crippen molar-refractivity contribution >= 4 is 5.97 Å². The van der Waals surface area contributed by atoms with Gasteiger partial charge >= 0.3 is 5.97 Å². The molecular formula is C13H18N2O2. The summed E-state index contributed by atoms with van der Waals surface area (Å²) >= 11 is 0. The normalized spacial score (nSPS) is 18.6. The lowest BCUT2D eigenvalue weighted by Crippen LogP contribution is -2.44. The number of carbonyl (C=O) groups excluding carboxylic acids is 1. The molecule has 1 aliphatic heterocycles. The van der Waals surface area contributed by atoms with Crippen molar-refractivity contribution in [3.63, 3.8) is 0 Å². The number of hydrogen-bond acceptors (Lipinski definition) is 4. The van der Waals surface area contributed by atoms with E-state index >= 15 is 0 Å². The van der Waals surface area contributed by atoms with Crippen LogP contribution >= 0.6 is 0 Å². The molecule has 1 fully saturated rings. The van der Waals surface area contributed by atoms with Gasteiger partial charge < -0.3 is 10.2 Å². The van der Waals surface area contributed by atoms with Crippen molar-refractivity contribution in [1.29, 1.82) is 0 Å². The minimum atomic E-state index is -0.217. The van der Waals surface area contributed by atoms with Crippen LogP contribution in [0, 0.1) is 0 Å². The van der Waals surface area contributed by atoms with Gasteiger partial charge in [-0.2, -0.15) is 0 Å². The lowest BCUT2D eigenvalue weighted by molar-refractivity contribution is -0.194. The van der Waals surface area contributed by atoms with Gasteiger partial charge in [-0.3, -0.25) is 0 Å². The van der Waals surface area contributed by atoms with Crippen LogP contribution in [0.4, 0.5) is 0 Å². The molecule has 0 aliphatic carbocycles. The van der Waals surface area contributed by atoms with E-state index in [9.17, 15) is 4.79 Å². The van der Waals surface area contributed by atoms with Gasteiger partial charge in [0.15, 0.2) is 0 Å². The van der Waals surface area contributed by atoms with Crippen LogP contribution in [0.3, 0.4) is 0 Å². The van der Waals surface area contributed by atoms with Crippen molar-refractivity contribution < 1.29 is 9.63 Å². The largest absolute Gasteiger partial charge is 0.367 e. The fourth-order valence-corrected chi connectivity index (χ4v) is 1.82. The van der Waals surface area contributed by atoms with E-state index in [0.717, 1.165) is 31.7 Å². The van der Waals surface area contributed by atoms with Gasteiger partial charge in [0.25, 0.3) is 0 Å². The highest BCUT2D eigenvalue weighted by Crippen LogP contribution is 2.16. The Morgan fingerprint density at radius 3 is 2.59 bits per heavy atom. The second kappa shape index (κ2) is 5.80. The van der Waals surface area contributed by atoms with E-state index in [2.05, 4.69) is 5.32 Å². The summed E-state index contributed by atoms with van der Waals surface area (Å²) in [4.78, 5) is 17.3. The summed E-state index contributed by atoms with van der Waals surface area (Å²) in [5, 5.41) is 4.95. The Hall–Kier alpha value is -1.39. The topological polar surface area (TPSA) is 41.6 Å². The number of nitrogens with zero attached hydrogens (tertiary/aromatic N) is 1. The number of carbonyl (C=O) groups is 1. The molecule has 17 heavy (non-hydrogen) atoms. The van der Waals surface area contributed by atoms with Crippen molar-refractivity contribution in [2.45, 2.75) is 12.8 Å². The highest BCUT2D eigenvalue weighted by molar-refractivity contribution is 5.77. The summed E-state index contributed by atoms with van der Waals surface area (Å²) in [6.45, 7) is 5.13.